The van der Waals surface area contributed by atoms with Crippen LogP contribution in [-0.2, 0) is 29.3 Å². The summed E-state index contributed by atoms with van der Waals surface area (Å²) in [6.45, 7) is 0.207. The van der Waals surface area contributed by atoms with E-state index in [1.165, 1.54) is 6.07 Å². The molecule has 3 atom stereocenters. The minimum Gasteiger partial charge on any atom is -0.296 e. The van der Waals surface area contributed by atoms with Gasteiger partial charge in [-0.1, -0.05) is 18.2 Å². The van der Waals surface area contributed by atoms with Gasteiger partial charge in [-0.15, -0.1) is 0 Å². The van der Waals surface area contributed by atoms with E-state index in [4.69, 9.17) is 0 Å². The molecule has 170 valence electrons. The average Bonchev–Trinajstić information content (AvgIpc) is 3.66. The number of nitrogens with one attached hydrogen (secondary N) is 1. The Morgan fingerprint density at radius 3 is 2.62 bits per heavy atom. The average molecular weight is 459 g/mol. The Bertz CT molecular complexity index is 1180. The normalized spacial score (nSPS) is 32.1. The Balaban J connectivity index is 1.23. The maximum Gasteiger partial charge on any atom is 0.211 e. The Morgan fingerprint density at radius 2 is 1.94 bits per heavy atom. The Morgan fingerprint density at radius 1 is 1.16 bits per heavy atom. The minimum atomic E-state index is -3.30. The van der Waals surface area contributed by atoms with Crippen molar-refractivity contribution < 1.29 is 17.2 Å². The van der Waals surface area contributed by atoms with Crippen molar-refractivity contribution in [3.8, 4) is 0 Å². The van der Waals surface area contributed by atoms with Crippen molar-refractivity contribution in [2.45, 2.75) is 50.1 Å². The summed E-state index contributed by atoms with van der Waals surface area (Å²) in [5, 5.41) is 0. The fraction of sp³-hybridized carbons (Fsp3) is 0.520. The van der Waals surface area contributed by atoms with Gasteiger partial charge >= 0.3 is 0 Å². The lowest BCUT2D eigenvalue weighted by molar-refractivity contribution is 0.226. The summed E-state index contributed by atoms with van der Waals surface area (Å²) in [7, 11) is -1.17. The van der Waals surface area contributed by atoms with Crippen molar-refractivity contribution in [1.82, 2.24) is 9.62 Å². The number of rotatable bonds is 8. The van der Waals surface area contributed by atoms with E-state index in [2.05, 4.69) is 16.7 Å². The van der Waals surface area contributed by atoms with Crippen LogP contribution in [0.25, 0.3) is 0 Å². The largest absolute Gasteiger partial charge is 0.296 e. The molecule has 32 heavy (non-hydrogen) atoms. The number of hydrogen-bond acceptors (Lipinski definition) is 3. The summed E-state index contributed by atoms with van der Waals surface area (Å²) in [5.41, 5.74) is 3.88. The van der Waals surface area contributed by atoms with E-state index in [1.54, 1.807) is 18.2 Å². The standard InChI is InChI=1S/C25H28F2N2O2S/c1-29-23-24(29)25(23)13-18-12-22(27)17(7-8-28-32(30,31)14-15-5-6-15)11-20(18)21(25)10-16-3-2-4-19(26)9-16/h2-4,9,11-12,15,21,23-24,28H,5-8,10,13-14H2,1H3. The predicted molar refractivity (Wildman–Crippen MR) is 119 cm³/mol. The lowest BCUT2D eigenvalue weighted by Gasteiger charge is -2.29. The molecule has 0 bridgehead atoms. The van der Waals surface area contributed by atoms with Gasteiger partial charge in [-0.25, -0.2) is 21.9 Å². The quantitative estimate of drug-likeness (QED) is 0.617. The number of halogens is 2. The van der Waals surface area contributed by atoms with Gasteiger partial charge in [0.15, 0.2) is 0 Å². The molecule has 3 aliphatic carbocycles. The highest BCUT2D eigenvalue weighted by molar-refractivity contribution is 7.89. The molecular formula is C25H28F2N2O2S. The molecule has 7 heteroatoms. The molecule has 1 heterocycles. The van der Waals surface area contributed by atoms with Crippen LogP contribution in [0.3, 0.4) is 0 Å². The fourth-order valence-corrected chi connectivity index (χ4v) is 7.82. The third kappa shape index (κ3) is 3.40. The zero-order valence-corrected chi connectivity index (χ0v) is 19.0. The van der Waals surface area contributed by atoms with Gasteiger partial charge in [0.05, 0.1) is 5.75 Å². The summed E-state index contributed by atoms with van der Waals surface area (Å²) in [6.07, 6.45) is 3.89. The molecule has 2 saturated carbocycles. The molecular weight excluding hydrogens is 430 g/mol. The molecule has 6 rings (SSSR count). The van der Waals surface area contributed by atoms with Crippen molar-refractivity contribution in [1.29, 1.82) is 0 Å². The summed E-state index contributed by atoms with van der Waals surface area (Å²) in [6, 6.07) is 11.5. The second-order valence-electron chi connectivity index (χ2n) is 10.2. The minimum absolute atomic E-state index is 0.139. The van der Waals surface area contributed by atoms with E-state index >= 15 is 0 Å². The molecule has 1 spiro atoms. The zero-order chi connectivity index (χ0) is 22.3. The van der Waals surface area contributed by atoms with Gasteiger partial charge < -0.3 is 0 Å². The van der Waals surface area contributed by atoms with Crippen LogP contribution in [0.15, 0.2) is 36.4 Å². The second-order valence-corrected chi connectivity index (χ2v) is 12.1. The van der Waals surface area contributed by atoms with Gasteiger partial charge in [0.1, 0.15) is 11.6 Å². The fourth-order valence-electron chi connectivity index (χ4n) is 6.34. The molecule has 1 N–H and O–H groups in total. The van der Waals surface area contributed by atoms with Gasteiger partial charge in [0, 0.05) is 24.0 Å². The van der Waals surface area contributed by atoms with Crippen LogP contribution < -0.4 is 4.72 Å². The predicted octanol–water partition coefficient (Wildman–Crippen LogP) is 3.40. The van der Waals surface area contributed by atoms with Gasteiger partial charge in [-0.05, 0) is 91.4 Å². The van der Waals surface area contributed by atoms with Crippen molar-refractivity contribution in [3.63, 3.8) is 0 Å². The van der Waals surface area contributed by atoms with Crippen LogP contribution in [0, 0.1) is 23.0 Å². The molecule has 4 aliphatic rings. The molecule has 1 saturated heterocycles. The summed E-state index contributed by atoms with van der Waals surface area (Å²) in [5.74, 6) is 0.206. The summed E-state index contributed by atoms with van der Waals surface area (Å²) in [4.78, 5) is 2.36. The Labute approximate surface area is 188 Å². The Kier molecular flexibility index (Phi) is 4.59. The molecule has 0 radical (unpaired) electrons. The monoisotopic (exact) mass is 458 g/mol. The van der Waals surface area contributed by atoms with Crippen molar-refractivity contribution >= 4 is 10.0 Å². The maximum absolute atomic E-state index is 14.9. The first-order valence-electron chi connectivity index (χ1n) is 11.5. The number of hydrogen-bond donors (Lipinski definition) is 1. The highest BCUT2D eigenvalue weighted by Gasteiger charge is 2.84. The number of benzene rings is 2. The molecule has 1 aliphatic heterocycles. The maximum atomic E-state index is 14.9. The van der Waals surface area contributed by atoms with Gasteiger partial charge in [-0.2, -0.15) is 0 Å². The zero-order valence-electron chi connectivity index (χ0n) is 18.2. The van der Waals surface area contributed by atoms with Crippen LogP contribution in [0.2, 0.25) is 0 Å². The smallest absolute Gasteiger partial charge is 0.211 e. The van der Waals surface area contributed by atoms with Crippen LogP contribution in [0.4, 0.5) is 8.78 Å². The van der Waals surface area contributed by atoms with Gasteiger partial charge in [0.25, 0.3) is 0 Å². The first-order valence-corrected chi connectivity index (χ1v) is 13.2. The third-order valence-electron chi connectivity index (χ3n) is 8.11. The van der Waals surface area contributed by atoms with Crippen molar-refractivity contribution in [2.75, 3.05) is 19.3 Å². The van der Waals surface area contributed by atoms with Crippen LogP contribution in [-0.4, -0.2) is 44.7 Å². The second kappa shape index (κ2) is 7.08. The lowest BCUT2D eigenvalue weighted by atomic mass is 9.81. The Hall–Kier alpha value is -1.83. The van der Waals surface area contributed by atoms with Crippen LogP contribution >= 0.6 is 0 Å². The van der Waals surface area contributed by atoms with E-state index in [0.29, 0.717) is 24.1 Å². The first kappa shape index (κ1) is 20.8. The first-order chi connectivity index (χ1) is 15.3. The SMILES string of the molecule is CN1C2C1C21Cc2cc(F)c(CCNS(=O)(=O)CC3CC3)cc2C1Cc1cccc(F)c1. The molecule has 4 nitrogen and oxygen atoms in total. The van der Waals surface area contributed by atoms with Crippen LogP contribution in [0.5, 0.6) is 0 Å². The van der Waals surface area contributed by atoms with E-state index in [0.717, 1.165) is 42.4 Å². The number of fused-ring (bicyclic) bond motifs is 4. The van der Waals surface area contributed by atoms with E-state index in [1.807, 2.05) is 12.1 Å². The molecule has 0 aromatic heterocycles. The molecule has 2 aromatic carbocycles. The number of likely N-dealkylation sites (tertiary alicyclic amines) is 1. The van der Waals surface area contributed by atoms with E-state index in [-0.39, 0.29) is 41.2 Å². The van der Waals surface area contributed by atoms with Crippen molar-refractivity contribution in [2.24, 2.45) is 11.3 Å². The topological polar surface area (TPSA) is 49.2 Å². The van der Waals surface area contributed by atoms with Gasteiger partial charge in [0.2, 0.25) is 10.0 Å². The molecule has 0 amide bonds. The summed E-state index contributed by atoms with van der Waals surface area (Å²) >= 11 is 0. The lowest BCUT2D eigenvalue weighted by Crippen LogP contribution is -2.31. The van der Waals surface area contributed by atoms with E-state index in [9.17, 15) is 17.2 Å². The van der Waals surface area contributed by atoms with E-state index < -0.39 is 10.0 Å². The molecule has 3 fully saturated rings. The van der Waals surface area contributed by atoms with Crippen LogP contribution in [0.1, 0.15) is 41.0 Å². The van der Waals surface area contributed by atoms with Crippen molar-refractivity contribution in [3.05, 3.63) is 70.3 Å². The molecule has 3 unspecified atom stereocenters. The number of likely N-dealkylation sites (N-methyl/N-ethyl adjacent to an activating group) is 1. The number of nitrogens with zero attached hydrogens (tertiary/aromatic N) is 1. The van der Waals surface area contributed by atoms with Gasteiger partial charge in [-0.3, -0.25) is 4.90 Å². The molecule has 2 aromatic rings. The highest BCUT2D eigenvalue weighted by atomic mass is 32.2. The third-order valence-corrected chi connectivity index (χ3v) is 9.66. The number of sulfonamides is 1. The summed E-state index contributed by atoms with van der Waals surface area (Å²) < 4.78 is 55.7. The highest BCUT2D eigenvalue weighted by Crippen LogP contribution is 2.76.